The molecule has 0 aromatic heterocycles. The molecule has 25 heavy (non-hydrogen) atoms. The molecule has 0 aliphatic rings. The number of hydrogen-bond donors (Lipinski definition) is 0. The monoisotopic (exact) mass is 354 g/mol. The first-order valence-electron chi connectivity index (χ1n) is 7.30. The molecule has 0 spiro atoms. The summed E-state index contributed by atoms with van der Waals surface area (Å²) in [5.41, 5.74) is 1.21. The van der Waals surface area contributed by atoms with Crippen molar-refractivity contribution in [3.63, 3.8) is 0 Å². The molecular formula is C19H16Na2O4. The minimum Gasteiger partial charge on any atom is -0.545 e. The second kappa shape index (κ2) is 12.5. The molecule has 0 bridgehead atoms. The topological polar surface area (TPSA) is 80.3 Å². The smallest absolute Gasteiger partial charge is 0.545 e. The number of rotatable bonds is 7. The van der Waals surface area contributed by atoms with E-state index in [1.54, 1.807) is 30.3 Å². The van der Waals surface area contributed by atoms with Gasteiger partial charge in [0, 0.05) is 0 Å². The van der Waals surface area contributed by atoms with Gasteiger partial charge in [-0.25, -0.2) is 0 Å². The maximum Gasteiger partial charge on any atom is 1.00 e. The first-order chi connectivity index (χ1) is 11.1. The molecule has 2 aromatic carbocycles. The van der Waals surface area contributed by atoms with Gasteiger partial charge in [0.25, 0.3) is 0 Å². The summed E-state index contributed by atoms with van der Waals surface area (Å²) in [6.07, 6.45) is 0.513. The molecule has 0 heterocycles. The van der Waals surface area contributed by atoms with Crippen molar-refractivity contribution in [2.45, 2.75) is 19.3 Å². The summed E-state index contributed by atoms with van der Waals surface area (Å²) in [5, 5.41) is 22.8. The van der Waals surface area contributed by atoms with Crippen LogP contribution < -0.4 is 69.3 Å². The molecule has 0 radical (unpaired) electrons. The summed E-state index contributed by atoms with van der Waals surface area (Å²) in [6, 6.07) is 18.1. The molecule has 0 N–H and O–H groups in total. The molecule has 0 saturated carbocycles. The molecule has 2 rings (SSSR count). The van der Waals surface area contributed by atoms with Gasteiger partial charge in [0.05, 0.1) is 11.9 Å². The van der Waals surface area contributed by atoms with Gasteiger partial charge in [0.15, 0.2) is 0 Å². The van der Waals surface area contributed by atoms with Crippen LogP contribution in [0.3, 0.4) is 0 Å². The average Bonchev–Trinajstić information content (AvgIpc) is 2.55. The number of carbonyl (C=O) groups excluding carboxylic acids is 2. The summed E-state index contributed by atoms with van der Waals surface area (Å²) in [4.78, 5) is 22.8. The zero-order chi connectivity index (χ0) is 16.7. The number of carboxylic acid groups (broad SMARTS) is 2. The fourth-order valence-electron chi connectivity index (χ4n) is 2.39. The second-order valence-corrected chi connectivity index (χ2v) is 5.18. The van der Waals surface area contributed by atoms with E-state index in [-0.39, 0.29) is 83.1 Å². The maximum absolute atomic E-state index is 11.4. The quantitative estimate of drug-likeness (QED) is 0.367. The Labute approximate surface area is 191 Å². The Hall–Kier alpha value is -0.880. The van der Waals surface area contributed by atoms with E-state index in [9.17, 15) is 19.8 Å². The number of benzene rings is 2. The van der Waals surface area contributed by atoms with Crippen LogP contribution in [-0.2, 0) is 22.4 Å². The normalized spacial score (nSPS) is 10.7. The third kappa shape index (κ3) is 7.90. The Morgan fingerprint density at radius 3 is 1.56 bits per heavy atom. The van der Waals surface area contributed by atoms with Crippen LogP contribution >= 0.6 is 0 Å². The van der Waals surface area contributed by atoms with Crippen LogP contribution in [0.1, 0.15) is 17.5 Å². The third-order valence-electron chi connectivity index (χ3n) is 3.59. The van der Waals surface area contributed by atoms with Gasteiger partial charge in [-0.2, -0.15) is 0 Å². The summed E-state index contributed by atoms with van der Waals surface area (Å²) in [5.74, 6) is -2.93. The zero-order valence-corrected chi connectivity index (χ0v) is 18.5. The van der Waals surface area contributed by atoms with E-state index in [4.69, 9.17) is 0 Å². The summed E-state index contributed by atoms with van der Waals surface area (Å²) in [6.45, 7) is 0. The Morgan fingerprint density at radius 2 is 1.12 bits per heavy atom. The van der Waals surface area contributed by atoms with E-state index in [1.807, 2.05) is 30.3 Å². The van der Waals surface area contributed by atoms with Gasteiger partial charge in [-0.1, -0.05) is 60.7 Å². The van der Waals surface area contributed by atoms with Crippen LogP contribution in [0.5, 0.6) is 0 Å². The van der Waals surface area contributed by atoms with Crippen molar-refractivity contribution in [1.82, 2.24) is 0 Å². The van der Waals surface area contributed by atoms with E-state index in [1.165, 1.54) is 0 Å². The van der Waals surface area contributed by atoms with Gasteiger partial charge in [0.2, 0.25) is 0 Å². The van der Waals surface area contributed by atoms with E-state index in [2.05, 4.69) is 0 Å². The van der Waals surface area contributed by atoms with E-state index in [0.717, 1.165) is 5.56 Å². The third-order valence-corrected chi connectivity index (χ3v) is 3.59. The molecule has 0 amide bonds. The molecular weight excluding hydrogens is 338 g/mol. The SMILES string of the molecule is O=C([O-])C(CCc1ccccc1)=C(Cc1ccccc1)C(=O)[O-].[Na+].[Na+]. The molecule has 118 valence electrons. The number of hydrogen-bond acceptors (Lipinski definition) is 4. The second-order valence-electron chi connectivity index (χ2n) is 5.18. The Bertz CT molecular complexity index is 713. The molecule has 0 unspecified atom stereocenters. The molecule has 0 fully saturated rings. The van der Waals surface area contributed by atoms with Gasteiger partial charge in [-0.15, -0.1) is 0 Å². The van der Waals surface area contributed by atoms with Crippen LogP contribution in [0.2, 0.25) is 0 Å². The first-order valence-corrected chi connectivity index (χ1v) is 7.30. The maximum atomic E-state index is 11.4. The minimum atomic E-state index is -1.47. The Kier molecular flexibility index (Phi) is 12.0. The van der Waals surface area contributed by atoms with Gasteiger partial charge < -0.3 is 19.8 Å². The Morgan fingerprint density at radius 1 is 0.680 bits per heavy atom. The van der Waals surface area contributed by atoms with E-state index < -0.39 is 11.9 Å². The van der Waals surface area contributed by atoms with E-state index >= 15 is 0 Å². The van der Waals surface area contributed by atoms with Crippen molar-refractivity contribution in [3.05, 3.63) is 82.9 Å². The van der Waals surface area contributed by atoms with Gasteiger partial charge in [-0.3, -0.25) is 0 Å². The molecule has 4 nitrogen and oxygen atoms in total. The molecule has 0 aliphatic carbocycles. The van der Waals surface area contributed by atoms with Crippen LogP contribution in [0.25, 0.3) is 0 Å². The predicted octanol–water partition coefficient (Wildman–Crippen LogP) is -5.33. The summed E-state index contributed by atoms with van der Waals surface area (Å²) >= 11 is 0. The van der Waals surface area contributed by atoms with Gasteiger partial charge >= 0.3 is 59.1 Å². The fourth-order valence-corrected chi connectivity index (χ4v) is 2.39. The van der Waals surface area contributed by atoms with Crippen molar-refractivity contribution < 1.29 is 78.9 Å². The number of aliphatic carboxylic acids is 2. The van der Waals surface area contributed by atoms with Crippen LogP contribution in [0.15, 0.2) is 71.8 Å². The Balaban J connectivity index is 0.00000288. The van der Waals surface area contributed by atoms with Crippen LogP contribution in [0, 0.1) is 0 Å². The summed E-state index contributed by atoms with van der Waals surface area (Å²) in [7, 11) is 0. The van der Waals surface area contributed by atoms with Crippen LogP contribution in [0.4, 0.5) is 0 Å². The number of carboxylic acids is 2. The van der Waals surface area contributed by atoms with E-state index in [0.29, 0.717) is 12.0 Å². The van der Waals surface area contributed by atoms with Gasteiger partial charge in [0.1, 0.15) is 0 Å². The van der Waals surface area contributed by atoms with Crippen molar-refractivity contribution in [3.8, 4) is 0 Å². The zero-order valence-electron chi connectivity index (χ0n) is 14.5. The van der Waals surface area contributed by atoms with Gasteiger partial charge in [-0.05, 0) is 41.5 Å². The number of carbonyl (C=O) groups is 2. The summed E-state index contributed by atoms with van der Waals surface area (Å²) < 4.78 is 0. The molecule has 0 saturated heterocycles. The van der Waals surface area contributed by atoms with Crippen molar-refractivity contribution in [1.29, 1.82) is 0 Å². The van der Waals surface area contributed by atoms with Crippen molar-refractivity contribution in [2.24, 2.45) is 0 Å². The predicted molar refractivity (Wildman–Crippen MR) is 81.9 cm³/mol. The standard InChI is InChI=1S/C19H18O4.2Na/c20-18(21)16(12-11-14-7-3-1-4-8-14)17(19(22)23)13-15-9-5-2-6-10-15;;/h1-10H,11-13H2,(H,20,21)(H,22,23);;/q;2*+1/p-2. The molecule has 6 heteroatoms. The average molecular weight is 354 g/mol. The molecule has 2 aromatic rings. The molecule has 0 aliphatic heterocycles. The number of aryl methyl sites for hydroxylation is 1. The first kappa shape index (κ1) is 24.1. The fraction of sp³-hybridized carbons (Fsp3) is 0.158. The minimum absolute atomic E-state index is 0. The van der Waals surface area contributed by atoms with Crippen molar-refractivity contribution >= 4 is 11.9 Å². The molecule has 0 atom stereocenters. The van der Waals surface area contributed by atoms with Crippen molar-refractivity contribution in [2.75, 3.05) is 0 Å². The largest absolute Gasteiger partial charge is 1.00 e. The van der Waals surface area contributed by atoms with Crippen LogP contribution in [-0.4, -0.2) is 11.9 Å².